The van der Waals surface area contributed by atoms with Crippen LogP contribution in [0.3, 0.4) is 0 Å². The van der Waals surface area contributed by atoms with Crippen LogP contribution < -0.4 is 5.32 Å². The maximum absolute atomic E-state index is 12.2. The van der Waals surface area contributed by atoms with Crippen LogP contribution in [-0.4, -0.2) is 43.4 Å². The van der Waals surface area contributed by atoms with E-state index in [-0.39, 0.29) is 24.9 Å². The lowest BCUT2D eigenvalue weighted by Crippen LogP contribution is -2.49. The number of hydrogen-bond acceptors (Lipinski definition) is 3. The molecule has 1 aromatic rings. The van der Waals surface area contributed by atoms with E-state index in [1.807, 2.05) is 19.1 Å². The zero-order valence-electron chi connectivity index (χ0n) is 11.4. The van der Waals surface area contributed by atoms with Gasteiger partial charge in [-0.05, 0) is 25.5 Å². The summed E-state index contributed by atoms with van der Waals surface area (Å²) in [6.07, 6.45) is 0. The van der Waals surface area contributed by atoms with Gasteiger partial charge in [-0.2, -0.15) is 0 Å². The van der Waals surface area contributed by atoms with Crippen LogP contribution in [0.25, 0.3) is 0 Å². The molecule has 7 heteroatoms. The maximum Gasteiger partial charge on any atom is 0.321 e. The fourth-order valence-corrected chi connectivity index (χ4v) is 3.67. The van der Waals surface area contributed by atoms with Gasteiger partial charge in [0, 0.05) is 13.1 Å². The number of rotatable bonds is 1. The van der Waals surface area contributed by atoms with E-state index in [4.69, 9.17) is 11.6 Å². The molecule has 110 valence electrons. The minimum atomic E-state index is -3.06. The molecule has 20 heavy (non-hydrogen) atoms. The first kappa shape index (κ1) is 15.1. The molecule has 1 aliphatic heterocycles. The molecule has 0 saturated carbocycles. The summed E-state index contributed by atoms with van der Waals surface area (Å²) in [7, 11) is -3.06. The van der Waals surface area contributed by atoms with Crippen molar-refractivity contribution in [2.24, 2.45) is 0 Å². The van der Waals surface area contributed by atoms with Crippen LogP contribution in [0.5, 0.6) is 0 Å². The number of carbonyl (C=O) groups is 1. The van der Waals surface area contributed by atoms with Crippen LogP contribution >= 0.6 is 11.6 Å². The number of urea groups is 1. The number of sulfone groups is 1. The molecule has 1 aromatic carbocycles. The van der Waals surface area contributed by atoms with Crippen molar-refractivity contribution in [1.82, 2.24) is 4.90 Å². The lowest BCUT2D eigenvalue weighted by atomic mass is 10.2. The third kappa shape index (κ3) is 3.07. The number of hydrogen-bond donors (Lipinski definition) is 1. The summed E-state index contributed by atoms with van der Waals surface area (Å²) in [5.41, 5.74) is 1.43. The molecule has 2 rings (SSSR count). The Labute approximate surface area is 123 Å². The topological polar surface area (TPSA) is 66.5 Å². The Morgan fingerprint density at radius 1 is 1.45 bits per heavy atom. The van der Waals surface area contributed by atoms with Gasteiger partial charge in [0.05, 0.1) is 21.7 Å². The first-order valence-corrected chi connectivity index (χ1v) is 8.43. The average Bonchev–Trinajstić information content (AvgIpc) is 2.37. The van der Waals surface area contributed by atoms with Gasteiger partial charge in [0.2, 0.25) is 0 Å². The van der Waals surface area contributed by atoms with E-state index < -0.39 is 15.1 Å². The highest BCUT2D eigenvalue weighted by atomic mass is 35.5. The molecular weight excluding hydrogens is 300 g/mol. The molecule has 1 heterocycles. The van der Waals surface area contributed by atoms with Crippen molar-refractivity contribution in [3.63, 3.8) is 0 Å². The van der Waals surface area contributed by atoms with Crippen LogP contribution in [0.1, 0.15) is 12.5 Å². The number of nitrogens with one attached hydrogen (secondary N) is 1. The second-order valence-corrected chi connectivity index (χ2v) is 7.93. The van der Waals surface area contributed by atoms with Gasteiger partial charge >= 0.3 is 6.03 Å². The normalized spacial score (nSPS) is 21.6. The molecule has 0 spiro atoms. The Kier molecular flexibility index (Phi) is 4.25. The molecular formula is C13H17ClN2O3S. The lowest BCUT2D eigenvalue weighted by Gasteiger charge is -2.31. The summed E-state index contributed by atoms with van der Waals surface area (Å²) < 4.78 is 23.3. The highest BCUT2D eigenvalue weighted by Crippen LogP contribution is 2.26. The monoisotopic (exact) mass is 316 g/mol. The Morgan fingerprint density at radius 3 is 2.75 bits per heavy atom. The van der Waals surface area contributed by atoms with Crippen molar-refractivity contribution >= 4 is 33.2 Å². The zero-order valence-corrected chi connectivity index (χ0v) is 13.0. The van der Waals surface area contributed by atoms with Crippen molar-refractivity contribution in [2.45, 2.75) is 19.1 Å². The van der Waals surface area contributed by atoms with Crippen LogP contribution in [0.15, 0.2) is 18.2 Å². The minimum Gasteiger partial charge on any atom is -0.322 e. The van der Waals surface area contributed by atoms with E-state index in [0.29, 0.717) is 10.7 Å². The quantitative estimate of drug-likeness (QED) is 0.864. The number of benzene rings is 1. The smallest absolute Gasteiger partial charge is 0.321 e. The third-order valence-electron chi connectivity index (χ3n) is 3.48. The molecule has 1 unspecified atom stereocenters. The third-order valence-corrected chi connectivity index (χ3v) is 5.92. The number of para-hydroxylation sites is 1. The predicted molar refractivity (Wildman–Crippen MR) is 80.0 cm³/mol. The first-order chi connectivity index (χ1) is 9.31. The maximum atomic E-state index is 12.2. The first-order valence-electron chi connectivity index (χ1n) is 6.34. The van der Waals surface area contributed by atoms with Crippen LogP contribution in [0.2, 0.25) is 5.02 Å². The second-order valence-electron chi connectivity index (χ2n) is 4.99. The highest BCUT2D eigenvalue weighted by Gasteiger charge is 2.31. The Balaban J connectivity index is 2.10. The molecule has 1 saturated heterocycles. The molecule has 0 aliphatic carbocycles. The van der Waals surface area contributed by atoms with Crippen molar-refractivity contribution in [3.05, 3.63) is 28.8 Å². The predicted octanol–water partition coefficient (Wildman–Crippen LogP) is 2.30. The average molecular weight is 317 g/mol. The van der Waals surface area contributed by atoms with Gasteiger partial charge in [-0.25, -0.2) is 13.2 Å². The van der Waals surface area contributed by atoms with Gasteiger partial charge in [-0.1, -0.05) is 23.7 Å². The van der Waals surface area contributed by atoms with E-state index in [1.54, 1.807) is 13.0 Å². The van der Waals surface area contributed by atoms with Gasteiger partial charge in [0.25, 0.3) is 0 Å². The molecule has 1 N–H and O–H groups in total. The molecule has 1 aliphatic rings. The van der Waals surface area contributed by atoms with E-state index in [0.717, 1.165) is 5.56 Å². The van der Waals surface area contributed by atoms with E-state index in [1.165, 1.54) is 4.90 Å². The summed E-state index contributed by atoms with van der Waals surface area (Å²) in [5, 5.41) is 2.69. The van der Waals surface area contributed by atoms with Gasteiger partial charge in [0.1, 0.15) is 0 Å². The van der Waals surface area contributed by atoms with Gasteiger partial charge in [0.15, 0.2) is 9.84 Å². The zero-order chi connectivity index (χ0) is 14.9. The number of amides is 2. The molecule has 5 nitrogen and oxygen atoms in total. The fourth-order valence-electron chi connectivity index (χ4n) is 2.11. The Morgan fingerprint density at radius 2 is 2.15 bits per heavy atom. The highest BCUT2D eigenvalue weighted by molar-refractivity contribution is 7.92. The molecule has 0 aromatic heterocycles. The molecule has 1 atom stereocenters. The van der Waals surface area contributed by atoms with E-state index in [9.17, 15) is 13.2 Å². The number of nitrogens with zero attached hydrogens (tertiary/aromatic N) is 1. The second kappa shape index (κ2) is 5.61. The molecule has 2 amide bonds. The Hall–Kier alpha value is -1.27. The number of carbonyl (C=O) groups excluding carboxylic acids is 1. The minimum absolute atomic E-state index is 0.00307. The number of halogens is 1. The fraction of sp³-hybridized carbons (Fsp3) is 0.462. The summed E-state index contributed by atoms with van der Waals surface area (Å²) in [6.45, 7) is 3.89. The van der Waals surface area contributed by atoms with Gasteiger partial charge < -0.3 is 10.2 Å². The number of anilines is 1. The summed E-state index contributed by atoms with van der Waals surface area (Å²) in [6, 6.07) is 5.05. The van der Waals surface area contributed by atoms with Gasteiger partial charge in [-0.3, -0.25) is 0 Å². The summed E-state index contributed by atoms with van der Waals surface area (Å²) >= 11 is 6.06. The number of aryl methyl sites for hydroxylation is 1. The van der Waals surface area contributed by atoms with Crippen LogP contribution in [-0.2, 0) is 9.84 Å². The Bertz CT molecular complexity index is 610. The van der Waals surface area contributed by atoms with Crippen molar-refractivity contribution in [1.29, 1.82) is 0 Å². The SMILES string of the molecule is Cc1cccc(Cl)c1NC(=O)N1CCS(=O)(=O)C(C)C1. The van der Waals surface area contributed by atoms with Crippen molar-refractivity contribution < 1.29 is 13.2 Å². The summed E-state index contributed by atoms with van der Waals surface area (Å²) in [4.78, 5) is 13.7. The largest absolute Gasteiger partial charge is 0.322 e. The molecule has 0 radical (unpaired) electrons. The van der Waals surface area contributed by atoms with E-state index in [2.05, 4.69) is 5.32 Å². The standard InChI is InChI=1S/C13H17ClN2O3S/c1-9-4-3-5-11(14)12(9)15-13(17)16-6-7-20(18,19)10(2)8-16/h3-5,10H,6-8H2,1-2H3,(H,15,17). The summed E-state index contributed by atoms with van der Waals surface area (Å²) in [5.74, 6) is 0.00307. The van der Waals surface area contributed by atoms with Crippen molar-refractivity contribution in [3.8, 4) is 0 Å². The van der Waals surface area contributed by atoms with E-state index >= 15 is 0 Å². The van der Waals surface area contributed by atoms with Crippen molar-refractivity contribution in [2.75, 3.05) is 24.2 Å². The van der Waals surface area contributed by atoms with Crippen LogP contribution in [0, 0.1) is 6.92 Å². The van der Waals surface area contributed by atoms with Gasteiger partial charge in [-0.15, -0.1) is 0 Å². The molecule has 1 fully saturated rings. The van der Waals surface area contributed by atoms with Crippen LogP contribution in [0.4, 0.5) is 10.5 Å². The molecule has 0 bridgehead atoms. The lowest BCUT2D eigenvalue weighted by molar-refractivity contribution is 0.213.